The van der Waals surface area contributed by atoms with Crippen LogP contribution in [-0.2, 0) is 4.79 Å². The van der Waals surface area contributed by atoms with Crippen LogP contribution in [0.1, 0.15) is 5.56 Å². The second-order valence-corrected chi connectivity index (χ2v) is 4.64. The van der Waals surface area contributed by atoms with Crippen LogP contribution in [0.2, 0.25) is 0 Å². The van der Waals surface area contributed by atoms with Crippen LogP contribution in [0.3, 0.4) is 0 Å². The third-order valence-corrected chi connectivity index (χ3v) is 3.18. The average Bonchev–Trinajstić information content (AvgIpc) is 2.54. The number of carbonyl (C=O) groups is 1. The number of esters is 1. The Balaban J connectivity index is 1.80. The van der Waals surface area contributed by atoms with E-state index in [1.807, 2.05) is 48.5 Å². The molecule has 3 aromatic carbocycles. The SMILES string of the molecule is O=C(C=Cc1cccc2ccccc12)Oc1ccccc1. The van der Waals surface area contributed by atoms with Crippen LogP contribution in [-0.4, -0.2) is 5.97 Å². The molecule has 0 aliphatic heterocycles. The minimum absolute atomic E-state index is 0.380. The lowest BCUT2D eigenvalue weighted by Gasteiger charge is -2.02. The van der Waals surface area contributed by atoms with Crippen LogP contribution >= 0.6 is 0 Å². The number of rotatable bonds is 3. The molecule has 0 saturated heterocycles. The van der Waals surface area contributed by atoms with Gasteiger partial charge in [-0.25, -0.2) is 4.79 Å². The average molecular weight is 274 g/mol. The first-order valence-electron chi connectivity index (χ1n) is 6.76. The second kappa shape index (κ2) is 6.06. The maximum atomic E-state index is 11.8. The van der Waals surface area contributed by atoms with Crippen molar-refractivity contribution in [2.75, 3.05) is 0 Å². The van der Waals surface area contributed by atoms with Crippen molar-refractivity contribution in [1.82, 2.24) is 0 Å². The van der Waals surface area contributed by atoms with Gasteiger partial charge in [-0.05, 0) is 34.5 Å². The summed E-state index contributed by atoms with van der Waals surface area (Å²) in [5.41, 5.74) is 0.998. The molecule has 2 heteroatoms. The quantitative estimate of drug-likeness (QED) is 0.400. The number of ether oxygens (including phenoxy) is 1. The van der Waals surface area contributed by atoms with E-state index >= 15 is 0 Å². The van der Waals surface area contributed by atoms with Crippen LogP contribution in [0, 0.1) is 0 Å². The summed E-state index contributed by atoms with van der Waals surface area (Å²) in [6.45, 7) is 0. The molecule has 0 amide bonds. The topological polar surface area (TPSA) is 26.3 Å². The summed E-state index contributed by atoms with van der Waals surface area (Å²) in [7, 11) is 0. The molecule has 0 radical (unpaired) electrons. The van der Waals surface area contributed by atoms with Gasteiger partial charge in [0.15, 0.2) is 0 Å². The number of benzene rings is 3. The fourth-order valence-electron chi connectivity index (χ4n) is 2.19. The number of hydrogen-bond donors (Lipinski definition) is 0. The van der Waals surface area contributed by atoms with Crippen molar-refractivity contribution in [1.29, 1.82) is 0 Å². The lowest BCUT2D eigenvalue weighted by Crippen LogP contribution is -2.03. The Morgan fingerprint density at radius 1 is 0.810 bits per heavy atom. The summed E-state index contributed by atoms with van der Waals surface area (Å²) in [4.78, 5) is 11.8. The lowest BCUT2D eigenvalue weighted by atomic mass is 10.0. The third kappa shape index (κ3) is 3.18. The maximum Gasteiger partial charge on any atom is 0.336 e. The van der Waals surface area contributed by atoms with Crippen LogP contribution in [0.25, 0.3) is 16.8 Å². The van der Waals surface area contributed by atoms with E-state index < -0.39 is 0 Å². The van der Waals surface area contributed by atoms with Gasteiger partial charge in [-0.2, -0.15) is 0 Å². The van der Waals surface area contributed by atoms with Crippen molar-refractivity contribution < 1.29 is 9.53 Å². The predicted molar refractivity (Wildman–Crippen MR) is 85.1 cm³/mol. The Morgan fingerprint density at radius 3 is 2.38 bits per heavy atom. The van der Waals surface area contributed by atoms with E-state index in [0.717, 1.165) is 16.3 Å². The normalized spacial score (nSPS) is 10.9. The third-order valence-electron chi connectivity index (χ3n) is 3.18. The fraction of sp³-hybridized carbons (Fsp3) is 0. The minimum Gasteiger partial charge on any atom is -0.423 e. The monoisotopic (exact) mass is 274 g/mol. The van der Waals surface area contributed by atoms with Gasteiger partial charge in [0.2, 0.25) is 0 Å². The van der Waals surface area contributed by atoms with Gasteiger partial charge in [0.05, 0.1) is 0 Å². The van der Waals surface area contributed by atoms with E-state index in [1.54, 1.807) is 18.2 Å². The number of hydrogen-bond acceptors (Lipinski definition) is 2. The maximum absolute atomic E-state index is 11.8. The summed E-state index contributed by atoms with van der Waals surface area (Å²) >= 11 is 0. The number of para-hydroxylation sites is 1. The number of carbonyl (C=O) groups excluding carboxylic acids is 1. The highest BCUT2D eigenvalue weighted by molar-refractivity contribution is 5.95. The Bertz CT molecular complexity index is 784. The second-order valence-electron chi connectivity index (χ2n) is 4.64. The summed E-state index contributed by atoms with van der Waals surface area (Å²) in [6.07, 6.45) is 3.24. The molecule has 0 aromatic heterocycles. The van der Waals surface area contributed by atoms with Crippen molar-refractivity contribution in [3.63, 3.8) is 0 Å². The molecule has 102 valence electrons. The molecule has 0 aliphatic rings. The van der Waals surface area contributed by atoms with E-state index in [0.29, 0.717) is 5.75 Å². The molecule has 0 spiro atoms. The molecule has 0 saturated carbocycles. The van der Waals surface area contributed by atoms with Gasteiger partial charge < -0.3 is 4.74 Å². The largest absolute Gasteiger partial charge is 0.423 e. The molecule has 21 heavy (non-hydrogen) atoms. The molecule has 0 aliphatic carbocycles. The van der Waals surface area contributed by atoms with E-state index in [-0.39, 0.29) is 5.97 Å². The zero-order valence-corrected chi connectivity index (χ0v) is 11.4. The highest BCUT2D eigenvalue weighted by Gasteiger charge is 2.01. The van der Waals surface area contributed by atoms with Crippen molar-refractivity contribution in [2.45, 2.75) is 0 Å². The predicted octanol–water partition coefficient (Wildman–Crippen LogP) is 4.46. The van der Waals surface area contributed by atoms with Crippen LogP contribution < -0.4 is 4.74 Å². The zero-order chi connectivity index (χ0) is 14.5. The molecular weight excluding hydrogens is 260 g/mol. The molecule has 3 rings (SSSR count). The highest BCUT2D eigenvalue weighted by atomic mass is 16.5. The Hall–Kier alpha value is -2.87. The van der Waals surface area contributed by atoms with Crippen molar-refractivity contribution in [3.8, 4) is 5.75 Å². The van der Waals surface area contributed by atoms with E-state index in [1.165, 1.54) is 6.08 Å². The van der Waals surface area contributed by atoms with Gasteiger partial charge in [0.25, 0.3) is 0 Å². The first-order valence-corrected chi connectivity index (χ1v) is 6.76. The zero-order valence-electron chi connectivity index (χ0n) is 11.4. The molecule has 0 atom stereocenters. The molecule has 3 aromatic rings. The van der Waals surface area contributed by atoms with Gasteiger partial charge in [0, 0.05) is 6.08 Å². The van der Waals surface area contributed by atoms with Crippen molar-refractivity contribution in [3.05, 3.63) is 84.4 Å². The van der Waals surface area contributed by atoms with Gasteiger partial charge >= 0.3 is 5.97 Å². The first-order chi connectivity index (χ1) is 10.3. The van der Waals surface area contributed by atoms with Gasteiger partial charge in [-0.1, -0.05) is 60.7 Å². The van der Waals surface area contributed by atoms with Crippen LogP contribution in [0.4, 0.5) is 0 Å². The van der Waals surface area contributed by atoms with E-state index in [9.17, 15) is 4.79 Å². The van der Waals surface area contributed by atoms with Crippen LogP contribution in [0.5, 0.6) is 5.75 Å². The van der Waals surface area contributed by atoms with Gasteiger partial charge in [-0.3, -0.25) is 0 Å². The van der Waals surface area contributed by atoms with E-state index in [2.05, 4.69) is 12.1 Å². The smallest absolute Gasteiger partial charge is 0.336 e. The van der Waals surface area contributed by atoms with Crippen LogP contribution in [0.15, 0.2) is 78.9 Å². The molecular formula is C19H14O2. The van der Waals surface area contributed by atoms with E-state index in [4.69, 9.17) is 4.74 Å². The standard InChI is InChI=1S/C19H14O2/c20-19(21-17-10-2-1-3-11-17)14-13-16-9-6-8-15-7-4-5-12-18(15)16/h1-14H. The molecule has 0 fully saturated rings. The molecule has 0 N–H and O–H groups in total. The molecule has 0 bridgehead atoms. The molecule has 0 unspecified atom stereocenters. The summed E-state index contributed by atoms with van der Waals surface area (Å²) < 4.78 is 5.22. The molecule has 0 heterocycles. The van der Waals surface area contributed by atoms with Crippen molar-refractivity contribution in [2.24, 2.45) is 0 Å². The first kappa shape index (κ1) is 13.1. The summed E-state index contributed by atoms with van der Waals surface area (Å²) in [6, 6.07) is 23.1. The Kier molecular flexibility index (Phi) is 3.79. The number of fused-ring (bicyclic) bond motifs is 1. The minimum atomic E-state index is -0.380. The Labute approximate surface area is 123 Å². The lowest BCUT2D eigenvalue weighted by molar-refractivity contribution is -0.128. The summed E-state index contributed by atoms with van der Waals surface area (Å²) in [5.74, 6) is 0.166. The van der Waals surface area contributed by atoms with Gasteiger partial charge in [0.1, 0.15) is 5.75 Å². The highest BCUT2D eigenvalue weighted by Crippen LogP contribution is 2.19. The van der Waals surface area contributed by atoms with Crippen molar-refractivity contribution >= 4 is 22.8 Å². The Morgan fingerprint density at radius 2 is 1.52 bits per heavy atom. The summed E-state index contributed by atoms with van der Waals surface area (Å²) in [5, 5.41) is 2.26. The fourth-order valence-corrected chi connectivity index (χ4v) is 2.19. The van der Waals surface area contributed by atoms with Gasteiger partial charge in [-0.15, -0.1) is 0 Å². The molecule has 2 nitrogen and oxygen atoms in total.